The van der Waals surface area contributed by atoms with Crippen LogP contribution in [0, 0.1) is 19.8 Å². The van der Waals surface area contributed by atoms with Gasteiger partial charge in [-0.25, -0.2) is 4.79 Å². The Labute approximate surface area is 117 Å². The van der Waals surface area contributed by atoms with Crippen molar-refractivity contribution in [2.45, 2.75) is 27.3 Å². The first-order valence-corrected chi connectivity index (χ1v) is 6.45. The van der Waals surface area contributed by atoms with E-state index in [9.17, 15) is 9.59 Å². The molecule has 1 aromatic carbocycles. The molecular weight excluding hydrogens is 256 g/mol. The van der Waals surface area contributed by atoms with Gasteiger partial charge in [0.1, 0.15) is 0 Å². The maximum atomic E-state index is 11.2. The Balaban J connectivity index is 2.59. The first-order valence-electron chi connectivity index (χ1n) is 6.45. The second-order valence-corrected chi connectivity index (χ2v) is 5.16. The second-order valence-electron chi connectivity index (χ2n) is 5.16. The lowest BCUT2D eigenvalue weighted by atomic mass is 10.1. The summed E-state index contributed by atoms with van der Waals surface area (Å²) in [4.78, 5) is 22.3. The molecule has 20 heavy (non-hydrogen) atoms. The number of fused-ring (bicyclic) bond motifs is 1. The summed E-state index contributed by atoms with van der Waals surface area (Å²) in [5, 5.41) is 9.96. The van der Waals surface area contributed by atoms with E-state index in [0.29, 0.717) is 6.54 Å². The average molecular weight is 274 g/mol. The molecule has 1 atom stereocenters. The van der Waals surface area contributed by atoms with Gasteiger partial charge in [0.05, 0.1) is 11.5 Å². The maximum absolute atomic E-state index is 11.2. The fourth-order valence-electron chi connectivity index (χ4n) is 2.38. The van der Waals surface area contributed by atoms with Crippen molar-refractivity contribution in [1.29, 1.82) is 0 Å². The molecule has 1 amide bonds. The Morgan fingerprint density at radius 3 is 2.55 bits per heavy atom. The van der Waals surface area contributed by atoms with Gasteiger partial charge >= 0.3 is 5.97 Å². The van der Waals surface area contributed by atoms with Crippen molar-refractivity contribution in [3.63, 3.8) is 0 Å². The summed E-state index contributed by atoms with van der Waals surface area (Å²) in [6.45, 7) is 6.20. The standard InChI is InChI=1S/C15H18N2O3/c1-8(14(16)18)7-17-10(3)9(2)12-6-11(15(19)20)4-5-13(12)17/h4-6,8H,7H2,1-3H3,(H2,16,18)(H,19,20). The van der Waals surface area contributed by atoms with Crippen LogP contribution in [0.15, 0.2) is 18.2 Å². The molecule has 0 saturated carbocycles. The van der Waals surface area contributed by atoms with Crippen molar-refractivity contribution >= 4 is 22.8 Å². The Bertz CT molecular complexity index is 701. The number of carbonyl (C=O) groups excluding carboxylic acids is 1. The van der Waals surface area contributed by atoms with Gasteiger partial charge in [-0.2, -0.15) is 0 Å². The van der Waals surface area contributed by atoms with E-state index >= 15 is 0 Å². The van der Waals surface area contributed by atoms with E-state index in [1.54, 1.807) is 25.1 Å². The molecule has 0 saturated heterocycles. The lowest BCUT2D eigenvalue weighted by Gasteiger charge is -2.12. The maximum Gasteiger partial charge on any atom is 0.335 e. The van der Waals surface area contributed by atoms with E-state index in [4.69, 9.17) is 10.8 Å². The topological polar surface area (TPSA) is 85.3 Å². The van der Waals surface area contributed by atoms with Crippen LogP contribution in [-0.2, 0) is 11.3 Å². The molecule has 1 aromatic heterocycles. The molecule has 0 aliphatic carbocycles. The van der Waals surface area contributed by atoms with Gasteiger partial charge in [-0.1, -0.05) is 6.92 Å². The number of benzene rings is 1. The number of primary amides is 1. The van der Waals surface area contributed by atoms with Crippen LogP contribution >= 0.6 is 0 Å². The smallest absolute Gasteiger partial charge is 0.335 e. The molecule has 106 valence electrons. The molecule has 0 fully saturated rings. The summed E-state index contributed by atoms with van der Waals surface area (Å²) in [5.74, 6) is -1.56. The van der Waals surface area contributed by atoms with Crippen LogP contribution in [0.3, 0.4) is 0 Å². The van der Waals surface area contributed by atoms with E-state index in [-0.39, 0.29) is 17.4 Å². The fourth-order valence-corrected chi connectivity index (χ4v) is 2.38. The number of carboxylic acids is 1. The summed E-state index contributed by atoms with van der Waals surface area (Å²) in [7, 11) is 0. The van der Waals surface area contributed by atoms with Gasteiger partial charge in [-0.15, -0.1) is 0 Å². The number of aryl methyl sites for hydroxylation is 1. The van der Waals surface area contributed by atoms with E-state index in [2.05, 4.69) is 0 Å². The lowest BCUT2D eigenvalue weighted by molar-refractivity contribution is -0.121. The number of hydrogen-bond acceptors (Lipinski definition) is 2. The van der Waals surface area contributed by atoms with Gasteiger partial charge in [0, 0.05) is 23.1 Å². The molecule has 5 heteroatoms. The van der Waals surface area contributed by atoms with Gasteiger partial charge in [-0.05, 0) is 37.6 Å². The largest absolute Gasteiger partial charge is 0.478 e. The van der Waals surface area contributed by atoms with Crippen LogP contribution in [0.1, 0.15) is 28.5 Å². The van der Waals surface area contributed by atoms with Gasteiger partial charge < -0.3 is 15.4 Å². The minimum atomic E-state index is -0.942. The summed E-state index contributed by atoms with van der Waals surface area (Å²) in [5.41, 5.74) is 8.56. The van der Waals surface area contributed by atoms with Crippen molar-refractivity contribution in [2.75, 3.05) is 0 Å². The van der Waals surface area contributed by atoms with Crippen LogP contribution in [0.25, 0.3) is 10.9 Å². The Kier molecular flexibility index (Phi) is 3.53. The number of aromatic carboxylic acids is 1. The summed E-state index contributed by atoms with van der Waals surface area (Å²) in [6.07, 6.45) is 0. The van der Waals surface area contributed by atoms with E-state index in [0.717, 1.165) is 22.2 Å². The summed E-state index contributed by atoms with van der Waals surface area (Å²) >= 11 is 0. The predicted molar refractivity (Wildman–Crippen MR) is 76.7 cm³/mol. The van der Waals surface area contributed by atoms with Gasteiger partial charge in [0.25, 0.3) is 0 Å². The molecule has 5 nitrogen and oxygen atoms in total. The van der Waals surface area contributed by atoms with Crippen LogP contribution in [-0.4, -0.2) is 21.6 Å². The highest BCUT2D eigenvalue weighted by Crippen LogP contribution is 2.27. The highest BCUT2D eigenvalue weighted by atomic mass is 16.4. The fraction of sp³-hybridized carbons (Fsp3) is 0.333. The molecule has 0 aliphatic heterocycles. The number of nitrogens with two attached hydrogens (primary N) is 1. The molecule has 1 heterocycles. The molecule has 0 bridgehead atoms. The molecule has 0 aliphatic rings. The molecule has 3 N–H and O–H groups in total. The third-order valence-electron chi connectivity index (χ3n) is 3.83. The van der Waals surface area contributed by atoms with Gasteiger partial charge in [0.15, 0.2) is 0 Å². The Morgan fingerprint density at radius 2 is 2.00 bits per heavy atom. The number of rotatable bonds is 4. The van der Waals surface area contributed by atoms with Crippen molar-refractivity contribution < 1.29 is 14.7 Å². The highest BCUT2D eigenvalue weighted by Gasteiger charge is 2.17. The number of hydrogen-bond donors (Lipinski definition) is 2. The first kappa shape index (κ1) is 14.1. The number of carboxylic acid groups (broad SMARTS) is 1. The van der Waals surface area contributed by atoms with Crippen molar-refractivity contribution in [1.82, 2.24) is 4.57 Å². The monoisotopic (exact) mass is 274 g/mol. The number of nitrogens with zero attached hydrogens (tertiary/aromatic N) is 1. The normalized spacial score (nSPS) is 12.6. The summed E-state index contributed by atoms with van der Waals surface area (Å²) < 4.78 is 2.02. The molecular formula is C15H18N2O3. The van der Waals surface area contributed by atoms with Crippen molar-refractivity contribution in [3.05, 3.63) is 35.0 Å². The highest BCUT2D eigenvalue weighted by molar-refractivity contribution is 5.95. The molecule has 0 spiro atoms. The zero-order valence-corrected chi connectivity index (χ0v) is 11.8. The zero-order valence-electron chi connectivity index (χ0n) is 11.8. The van der Waals surface area contributed by atoms with Crippen LogP contribution in [0.4, 0.5) is 0 Å². The van der Waals surface area contributed by atoms with Crippen LogP contribution < -0.4 is 5.73 Å². The SMILES string of the molecule is Cc1c(C)n(CC(C)C(N)=O)c2ccc(C(=O)O)cc12. The average Bonchev–Trinajstić information content (AvgIpc) is 2.63. The minimum Gasteiger partial charge on any atom is -0.478 e. The van der Waals surface area contributed by atoms with Crippen molar-refractivity contribution in [2.24, 2.45) is 11.7 Å². The molecule has 0 radical (unpaired) electrons. The van der Waals surface area contributed by atoms with E-state index in [1.165, 1.54) is 0 Å². The van der Waals surface area contributed by atoms with Gasteiger partial charge in [0.2, 0.25) is 5.91 Å². The number of carbonyl (C=O) groups is 2. The third-order valence-corrected chi connectivity index (χ3v) is 3.83. The Morgan fingerprint density at radius 1 is 1.35 bits per heavy atom. The quantitative estimate of drug-likeness (QED) is 0.895. The van der Waals surface area contributed by atoms with Crippen LogP contribution in [0.2, 0.25) is 0 Å². The minimum absolute atomic E-state index is 0.265. The van der Waals surface area contributed by atoms with Crippen molar-refractivity contribution in [3.8, 4) is 0 Å². The molecule has 2 aromatic rings. The van der Waals surface area contributed by atoms with E-state index < -0.39 is 5.97 Å². The number of amides is 1. The van der Waals surface area contributed by atoms with Gasteiger partial charge in [-0.3, -0.25) is 4.79 Å². The zero-order chi connectivity index (χ0) is 15.0. The lowest BCUT2D eigenvalue weighted by Crippen LogP contribution is -2.25. The van der Waals surface area contributed by atoms with E-state index in [1.807, 2.05) is 18.4 Å². The molecule has 1 unspecified atom stereocenters. The Hall–Kier alpha value is -2.30. The third kappa shape index (κ3) is 2.27. The van der Waals surface area contributed by atoms with Crippen LogP contribution in [0.5, 0.6) is 0 Å². The predicted octanol–water partition coefficient (Wildman–Crippen LogP) is 2.08. The number of aromatic nitrogens is 1. The second kappa shape index (κ2) is 5.00. The molecule has 2 rings (SSSR count). The first-order chi connectivity index (χ1) is 9.32. The summed E-state index contributed by atoms with van der Waals surface area (Å²) in [6, 6.07) is 5.03.